The zero-order valence-corrected chi connectivity index (χ0v) is 9.47. The summed E-state index contributed by atoms with van der Waals surface area (Å²) in [4.78, 5) is 10.4. The molecule has 2 aromatic rings. The second-order valence-corrected chi connectivity index (χ2v) is 3.52. The summed E-state index contributed by atoms with van der Waals surface area (Å²) in [6.45, 7) is -0.241. The molecule has 0 saturated carbocycles. The van der Waals surface area contributed by atoms with Crippen LogP contribution in [0.15, 0.2) is 22.6 Å². The van der Waals surface area contributed by atoms with Gasteiger partial charge in [-0.15, -0.1) is 10.2 Å². The maximum Gasteiger partial charge on any atom is 0.312 e. The van der Waals surface area contributed by atoms with E-state index in [9.17, 15) is 13.6 Å². The Morgan fingerprint density at radius 3 is 2.74 bits per heavy atom. The summed E-state index contributed by atoms with van der Waals surface area (Å²) in [6.07, 6.45) is -0.405. The van der Waals surface area contributed by atoms with Crippen LogP contribution in [0.4, 0.5) is 8.78 Å². The Bertz CT molecular complexity index is 600. The third-order valence-corrected chi connectivity index (χ3v) is 2.06. The maximum absolute atomic E-state index is 13.2. The van der Waals surface area contributed by atoms with E-state index in [0.717, 1.165) is 12.1 Å². The molecule has 0 aliphatic rings. The van der Waals surface area contributed by atoms with Gasteiger partial charge in [-0.05, 0) is 12.1 Å². The van der Waals surface area contributed by atoms with Crippen molar-refractivity contribution in [2.24, 2.45) is 0 Å². The Kier molecular flexibility index (Phi) is 3.69. The average molecular weight is 270 g/mol. The molecule has 0 radical (unpaired) electrons. The smallest absolute Gasteiger partial charge is 0.312 e. The van der Waals surface area contributed by atoms with Crippen molar-refractivity contribution in [3.05, 3.63) is 41.6 Å². The predicted octanol–water partition coefficient (Wildman–Crippen LogP) is 1.55. The Morgan fingerprint density at radius 1 is 1.32 bits per heavy atom. The van der Waals surface area contributed by atoms with Gasteiger partial charge in [0, 0.05) is 6.07 Å². The summed E-state index contributed by atoms with van der Waals surface area (Å²) in [5.74, 6) is -2.93. The number of halogens is 2. The van der Waals surface area contributed by atoms with Gasteiger partial charge in [-0.2, -0.15) is 0 Å². The Morgan fingerprint density at radius 2 is 2.05 bits per heavy atom. The van der Waals surface area contributed by atoms with Crippen LogP contribution in [0.1, 0.15) is 11.8 Å². The lowest BCUT2D eigenvalue weighted by molar-refractivity contribution is -0.136. The van der Waals surface area contributed by atoms with Crippen molar-refractivity contribution in [3.8, 4) is 5.75 Å². The lowest BCUT2D eigenvalue weighted by Gasteiger charge is -2.03. The summed E-state index contributed by atoms with van der Waals surface area (Å²) in [5.41, 5.74) is 0. The van der Waals surface area contributed by atoms with Crippen molar-refractivity contribution in [2.45, 2.75) is 13.0 Å². The van der Waals surface area contributed by atoms with E-state index in [2.05, 4.69) is 10.2 Å². The summed E-state index contributed by atoms with van der Waals surface area (Å²) in [5, 5.41) is 15.5. The minimum absolute atomic E-state index is 0.0000231. The molecule has 19 heavy (non-hydrogen) atoms. The molecular formula is C11H8F2N2O4. The number of rotatable bonds is 5. The van der Waals surface area contributed by atoms with Crippen LogP contribution in [0.25, 0.3) is 0 Å². The molecule has 0 aliphatic carbocycles. The number of aliphatic carboxylic acids is 1. The van der Waals surface area contributed by atoms with Gasteiger partial charge in [-0.25, -0.2) is 8.78 Å². The quantitative estimate of drug-likeness (QED) is 0.887. The van der Waals surface area contributed by atoms with Crippen molar-refractivity contribution in [3.63, 3.8) is 0 Å². The normalized spacial score (nSPS) is 10.4. The van der Waals surface area contributed by atoms with Gasteiger partial charge in [0.15, 0.2) is 18.2 Å². The average Bonchev–Trinajstić information content (AvgIpc) is 2.74. The van der Waals surface area contributed by atoms with Crippen LogP contribution in [0.2, 0.25) is 0 Å². The largest absolute Gasteiger partial charge is 0.481 e. The molecule has 2 rings (SSSR count). The van der Waals surface area contributed by atoms with Gasteiger partial charge in [-0.3, -0.25) is 4.79 Å². The number of nitrogens with zero attached hydrogens (tertiary/aromatic N) is 2. The molecule has 1 heterocycles. The van der Waals surface area contributed by atoms with Gasteiger partial charge in [-0.1, -0.05) is 0 Å². The summed E-state index contributed by atoms with van der Waals surface area (Å²) < 4.78 is 35.8. The molecule has 100 valence electrons. The second kappa shape index (κ2) is 5.42. The molecule has 1 N–H and O–H groups in total. The highest BCUT2D eigenvalue weighted by Crippen LogP contribution is 2.18. The van der Waals surface area contributed by atoms with Crippen LogP contribution >= 0.6 is 0 Å². The molecule has 8 heteroatoms. The molecular weight excluding hydrogens is 262 g/mol. The molecule has 0 bridgehead atoms. The zero-order chi connectivity index (χ0) is 13.8. The summed E-state index contributed by atoms with van der Waals surface area (Å²) >= 11 is 0. The maximum atomic E-state index is 13.2. The highest BCUT2D eigenvalue weighted by atomic mass is 19.1. The molecule has 1 aromatic carbocycles. The zero-order valence-electron chi connectivity index (χ0n) is 9.47. The van der Waals surface area contributed by atoms with Gasteiger partial charge in [0.25, 0.3) is 5.89 Å². The number of hydrogen-bond acceptors (Lipinski definition) is 5. The van der Waals surface area contributed by atoms with Gasteiger partial charge < -0.3 is 14.3 Å². The Balaban J connectivity index is 1.98. The molecule has 0 spiro atoms. The second-order valence-electron chi connectivity index (χ2n) is 3.52. The fourth-order valence-corrected chi connectivity index (χ4v) is 1.28. The van der Waals surface area contributed by atoms with E-state index in [0.29, 0.717) is 6.07 Å². The van der Waals surface area contributed by atoms with Crippen LogP contribution in [0, 0.1) is 11.6 Å². The molecule has 6 nitrogen and oxygen atoms in total. The Labute approximate surface area is 105 Å². The van der Waals surface area contributed by atoms with E-state index in [4.69, 9.17) is 14.3 Å². The Hall–Kier alpha value is -2.51. The van der Waals surface area contributed by atoms with E-state index in [1.807, 2.05) is 0 Å². The SMILES string of the molecule is O=C(O)Cc1nnc(COc2ccc(F)cc2F)o1. The van der Waals surface area contributed by atoms with Crippen LogP contribution in [0.5, 0.6) is 5.75 Å². The van der Waals surface area contributed by atoms with Crippen molar-refractivity contribution in [2.75, 3.05) is 0 Å². The third-order valence-electron chi connectivity index (χ3n) is 2.06. The van der Waals surface area contributed by atoms with E-state index >= 15 is 0 Å². The van der Waals surface area contributed by atoms with Gasteiger partial charge in [0.05, 0.1) is 0 Å². The topological polar surface area (TPSA) is 85.5 Å². The molecule has 0 saturated heterocycles. The van der Waals surface area contributed by atoms with E-state index in [1.54, 1.807) is 0 Å². The number of benzene rings is 1. The highest BCUT2D eigenvalue weighted by molar-refractivity contribution is 5.68. The molecule has 0 amide bonds. The molecule has 1 aromatic heterocycles. The lowest BCUT2D eigenvalue weighted by atomic mass is 10.3. The van der Waals surface area contributed by atoms with E-state index in [-0.39, 0.29) is 24.1 Å². The first-order chi connectivity index (χ1) is 9.04. The minimum atomic E-state index is -1.11. The van der Waals surface area contributed by atoms with Crippen LogP contribution < -0.4 is 4.74 Å². The van der Waals surface area contributed by atoms with E-state index in [1.165, 1.54) is 0 Å². The van der Waals surface area contributed by atoms with Gasteiger partial charge >= 0.3 is 5.97 Å². The monoisotopic (exact) mass is 270 g/mol. The number of carboxylic acids is 1. The fourth-order valence-electron chi connectivity index (χ4n) is 1.28. The standard InChI is InChI=1S/C11H8F2N2O4/c12-6-1-2-8(7(13)3-6)18-5-10-15-14-9(19-10)4-11(16)17/h1-3H,4-5H2,(H,16,17). The number of hydrogen-bond donors (Lipinski definition) is 1. The van der Waals surface area contributed by atoms with Gasteiger partial charge in [0.1, 0.15) is 12.2 Å². The lowest BCUT2D eigenvalue weighted by Crippen LogP contribution is -2.00. The van der Waals surface area contributed by atoms with Crippen LogP contribution in [0.3, 0.4) is 0 Å². The summed E-state index contributed by atoms with van der Waals surface area (Å²) in [7, 11) is 0. The molecule has 0 unspecified atom stereocenters. The predicted molar refractivity (Wildman–Crippen MR) is 56.3 cm³/mol. The molecule has 0 aliphatic heterocycles. The van der Waals surface area contributed by atoms with Crippen molar-refractivity contribution in [1.29, 1.82) is 0 Å². The van der Waals surface area contributed by atoms with Crippen molar-refractivity contribution in [1.82, 2.24) is 10.2 Å². The minimum Gasteiger partial charge on any atom is -0.481 e. The van der Waals surface area contributed by atoms with Crippen LogP contribution in [-0.4, -0.2) is 21.3 Å². The summed E-state index contributed by atoms with van der Waals surface area (Å²) in [6, 6.07) is 2.85. The number of carbonyl (C=O) groups is 1. The first kappa shape index (κ1) is 12.9. The number of ether oxygens (including phenoxy) is 1. The molecule has 0 fully saturated rings. The van der Waals surface area contributed by atoms with Gasteiger partial charge in [0.2, 0.25) is 5.89 Å². The van der Waals surface area contributed by atoms with Crippen molar-refractivity contribution < 1.29 is 27.8 Å². The van der Waals surface area contributed by atoms with E-state index < -0.39 is 24.0 Å². The highest BCUT2D eigenvalue weighted by Gasteiger charge is 2.11. The number of carboxylic acid groups (broad SMARTS) is 1. The first-order valence-corrected chi connectivity index (χ1v) is 5.15. The third kappa shape index (κ3) is 3.47. The fraction of sp³-hybridized carbons (Fsp3) is 0.182. The molecule has 0 atom stereocenters. The van der Waals surface area contributed by atoms with Crippen molar-refractivity contribution >= 4 is 5.97 Å². The number of aromatic nitrogens is 2. The van der Waals surface area contributed by atoms with Crippen LogP contribution in [-0.2, 0) is 17.8 Å². The first-order valence-electron chi connectivity index (χ1n) is 5.15.